The van der Waals surface area contributed by atoms with E-state index >= 15 is 0 Å². The van der Waals surface area contributed by atoms with Crippen molar-refractivity contribution in [3.63, 3.8) is 0 Å². The lowest BCUT2D eigenvalue weighted by Gasteiger charge is -2.17. The number of hydrogen-bond donors (Lipinski definition) is 0. The lowest BCUT2D eigenvalue weighted by molar-refractivity contribution is 0.154. The standard InChI is InChI=1S/C21H23F2N3O2S2/c1-15(13-27-2)26-20(14-28-19-6-4-3-5-18(19)23)24-25-21(26)30-12-11-29-17-9-7-16(22)8-10-17/h3-10,15H,11-14H2,1-2H3/t15-/m0/s1. The smallest absolute Gasteiger partial charge is 0.191 e. The summed E-state index contributed by atoms with van der Waals surface area (Å²) in [7, 11) is 1.64. The van der Waals surface area contributed by atoms with Gasteiger partial charge in [-0.05, 0) is 43.3 Å². The molecular formula is C21H23F2N3O2S2. The van der Waals surface area contributed by atoms with E-state index < -0.39 is 5.82 Å². The maximum Gasteiger partial charge on any atom is 0.191 e. The molecule has 1 atom stereocenters. The fourth-order valence-corrected chi connectivity index (χ4v) is 4.73. The molecule has 0 unspecified atom stereocenters. The van der Waals surface area contributed by atoms with Crippen LogP contribution in [0.2, 0.25) is 0 Å². The monoisotopic (exact) mass is 451 g/mol. The van der Waals surface area contributed by atoms with Gasteiger partial charge in [0.15, 0.2) is 22.5 Å². The number of rotatable bonds is 11. The summed E-state index contributed by atoms with van der Waals surface area (Å²) < 4.78 is 39.7. The van der Waals surface area contributed by atoms with Crippen LogP contribution in [0.1, 0.15) is 18.8 Å². The van der Waals surface area contributed by atoms with E-state index in [1.807, 2.05) is 11.5 Å². The van der Waals surface area contributed by atoms with Gasteiger partial charge in [-0.2, -0.15) is 0 Å². The molecule has 0 aliphatic rings. The van der Waals surface area contributed by atoms with Gasteiger partial charge in [0.25, 0.3) is 0 Å². The number of benzene rings is 2. The largest absolute Gasteiger partial charge is 0.483 e. The average Bonchev–Trinajstić information content (AvgIpc) is 3.15. The first-order chi connectivity index (χ1) is 14.6. The summed E-state index contributed by atoms with van der Waals surface area (Å²) in [5, 5.41) is 9.31. The molecule has 0 saturated carbocycles. The van der Waals surface area contributed by atoms with Gasteiger partial charge in [0.05, 0.1) is 12.6 Å². The molecule has 0 spiro atoms. The van der Waals surface area contributed by atoms with E-state index in [2.05, 4.69) is 10.2 Å². The van der Waals surface area contributed by atoms with Crippen LogP contribution in [0.4, 0.5) is 8.78 Å². The lowest BCUT2D eigenvalue weighted by atomic mass is 10.3. The third-order valence-corrected chi connectivity index (χ3v) is 6.39. The Labute approximate surface area is 183 Å². The van der Waals surface area contributed by atoms with Crippen molar-refractivity contribution < 1.29 is 18.3 Å². The average molecular weight is 452 g/mol. The number of para-hydroxylation sites is 1. The van der Waals surface area contributed by atoms with Gasteiger partial charge in [-0.25, -0.2) is 8.78 Å². The van der Waals surface area contributed by atoms with Crippen LogP contribution in [-0.4, -0.2) is 40.0 Å². The van der Waals surface area contributed by atoms with Crippen LogP contribution in [0.3, 0.4) is 0 Å². The summed E-state index contributed by atoms with van der Waals surface area (Å²) in [6.45, 7) is 2.60. The molecule has 9 heteroatoms. The first-order valence-electron chi connectivity index (χ1n) is 9.39. The number of aromatic nitrogens is 3. The second kappa shape index (κ2) is 11.3. The van der Waals surface area contributed by atoms with E-state index in [4.69, 9.17) is 9.47 Å². The van der Waals surface area contributed by atoms with Crippen LogP contribution in [-0.2, 0) is 11.3 Å². The molecule has 30 heavy (non-hydrogen) atoms. The van der Waals surface area contributed by atoms with Crippen molar-refractivity contribution in [1.82, 2.24) is 14.8 Å². The van der Waals surface area contributed by atoms with E-state index in [9.17, 15) is 8.78 Å². The minimum absolute atomic E-state index is 0.00327. The zero-order chi connectivity index (χ0) is 21.3. The molecule has 0 bridgehead atoms. The molecular weight excluding hydrogens is 428 g/mol. The topological polar surface area (TPSA) is 49.2 Å². The highest BCUT2D eigenvalue weighted by Gasteiger charge is 2.19. The number of hydrogen-bond acceptors (Lipinski definition) is 6. The Balaban J connectivity index is 1.63. The van der Waals surface area contributed by atoms with Crippen molar-refractivity contribution in [1.29, 1.82) is 0 Å². The normalized spacial score (nSPS) is 12.1. The summed E-state index contributed by atoms with van der Waals surface area (Å²) in [5.41, 5.74) is 0. The molecule has 0 aliphatic carbocycles. The number of halogens is 2. The van der Waals surface area contributed by atoms with Crippen LogP contribution in [0.25, 0.3) is 0 Å². The molecule has 1 heterocycles. The van der Waals surface area contributed by atoms with Crippen molar-refractivity contribution >= 4 is 23.5 Å². The Morgan fingerprint density at radius 2 is 1.73 bits per heavy atom. The number of methoxy groups -OCH3 is 1. The Hall–Kier alpha value is -2.10. The third-order valence-electron chi connectivity index (χ3n) is 4.17. The van der Waals surface area contributed by atoms with Gasteiger partial charge in [-0.15, -0.1) is 22.0 Å². The Morgan fingerprint density at radius 1 is 1.00 bits per heavy atom. The highest BCUT2D eigenvalue weighted by Crippen LogP contribution is 2.26. The van der Waals surface area contributed by atoms with Crippen LogP contribution >= 0.6 is 23.5 Å². The molecule has 160 valence electrons. The lowest BCUT2D eigenvalue weighted by Crippen LogP contribution is -2.17. The predicted octanol–water partition coefficient (Wildman–Crippen LogP) is 5.23. The highest BCUT2D eigenvalue weighted by molar-refractivity contribution is 8.02. The minimum Gasteiger partial charge on any atom is -0.483 e. The van der Waals surface area contributed by atoms with Gasteiger partial charge in [-0.3, -0.25) is 4.57 Å². The predicted molar refractivity (Wildman–Crippen MR) is 115 cm³/mol. The van der Waals surface area contributed by atoms with E-state index in [1.165, 1.54) is 18.2 Å². The molecule has 3 rings (SSSR count). The van der Waals surface area contributed by atoms with E-state index in [1.54, 1.807) is 61.0 Å². The second-order valence-corrected chi connectivity index (χ2v) is 8.67. The van der Waals surface area contributed by atoms with Crippen molar-refractivity contribution in [2.75, 3.05) is 25.2 Å². The Bertz CT molecular complexity index is 938. The quantitative estimate of drug-likeness (QED) is 0.294. The van der Waals surface area contributed by atoms with Gasteiger partial charge >= 0.3 is 0 Å². The van der Waals surface area contributed by atoms with Gasteiger partial charge in [0, 0.05) is 23.5 Å². The zero-order valence-electron chi connectivity index (χ0n) is 16.8. The molecule has 1 aromatic heterocycles. The highest BCUT2D eigenvalue weighted by atomic mass is 32.2. The molecule has 3 aromatic rings. The maximum absolute atomic E-state index is 13.8. The summed E-state index contributed by atoms with van der Waals surface area (Å²) >= 11 is 3.23. The van der Waals surface area contributed by atoms with Gasteiger partial charge in [0.2, 0.25) is 0 Å². The van der Waals surface area contributed by atoms with Crippen LogP contribution in [0, 0.1) is 11.6 Å². The van der Waals surface area contributed by atoms with Gasteiger partial charge in [-0.1, -0.05) is 23.9 Å². The molecule has 5 nitrogen and oxygen atoms in total. The van der Waals surface area contributed by atoms with E-state index in [0.717, 1.165) is 21.6 Å². The number of ether oxygens (including phenoxy) is 2. The van der Waals surface area contributed by atoms with Gasteiger partial charge < -0.3 is 9.47 Å². The van der Waals surface area contributed by atoms with Crippen molar-refractivity contribution in [2.24, 2.45) is 0 Å². The van der Waals surface area contributed by atoms with Crippen LogP contribution < -0.4 is 4.74 Å². The third kappa shape index (κ3) is 6.20. The van der Waals surface area contributed by atoms with Crippen molar-refractivity contribution in [3.8, 4) is 5.75 Å². The molecule has 0 N–H and O–H groups in total. The molecule has 0 aliphatic heterocycles. The minimum atomic E-state index is -0.416. The molecule has 0 radical (unpaired) electrons. The summed E-state index contributed by atoms with van der Waals surface area (Å²) in [6.07, 6.45) is 0. The zero-order valence-corrected chi connectivity index (χ0v) is 18.4. The first kappa shape index (κ1) is 22.6. The second-order valence-electron chi connectivity index (χ2n) is 6.44. The fourth-order valence-electron chi connectivity index (χ4n) is 2.79. The SMILES string of the molecule is COC[C@H](C)n1c(COc2ccccc2F)nnc1SCCSc1ccc(F)cc1. The molecule has 2 aromatic carbocycles. The molecule has 0 amide bonds. The van der Waals surface area contributed by atoms with Gasteiger partial charge in [0.1, 0.15) is 12.4 Å². The molecule has 0 saturated heterocycles. The van der Waals surface area contributed by atoms with Crippen molar-refractivity contribution in [2.45, 2.75) is 29.6 Å². The fraction of sp³-hybridized carbons (Fsp3) is 0.333. The maximum atomic E-state index is 13.8. The van der Waals surface area contributed by atoms with Crippen LogP contribution in [0.15, 0.2) is 58.6 Å². The van der Waals surface area contributed by atoms with E-state index in [-0.39, 0.29) is 24.2 Å². The Morgan fingerprint density at radius 3 is 2.47 bits per heavy atom. The summed E-state index contributed by atoms with van der Waals surface area (Å²) in [5.74, 6) is 1.77. The summed E-state index contributed by atoms with van der Waals surface area (Å²) in [6, 6.07) is 12.7. The number of thioether (sulfide) groups is 2. The van der Waals surface area contributed by atoms with Crippen molar-refractivity contribution in [3.05, 3.63) is 66.0 Å². The molecule has 0 fully saturated rings. The Kier molecular flexibility index (Phi) is 8.53. The van der Waals surface area contributed by atoms with Crippen LogP contribution in [0.5, 0.6) is 5.75 Å². The van der Waals surface area contributed by atoms with E-state index in [0.29, 0.717) is 12.4 Å². The number of nitrogens with zero attached hydrogens (tertiary/aromatic N) is 3. The summed E-state index contributed by atoms with van der Waals surface area (Å²) in [4.78, 5) is 1.02. The first-order valence-corrected chi connectivity index (χ1v) is 11.4.